The lowest BCUT2D eigenvalue weighted by atomic mass is 9.94. The van der Waals surface area contributed by atoms with E-state index in [-0.39, 0.29) is 0 Å². The van der Waals surface area contributed by atoms with Gasteiger partial charge < -0.3 is 20.3 Å². The number of hydrogen-bond acceptors (Lipinski definition) is 8. The van der Waals surface area contributed by atoms with Gasteiger partial charge in [-0.05, 0) is 43.2 Å². The number of benzene rings is 1. The van der Waals surface area contributed by atoms with Crippen molar-refractivity contribution in [2.24, 2.45) is 4.99 Å². The van der Waals surface area contributed by atoms with Crippen LogP contribution in [0.4, 0.5) is 10.9 Å². The molecule has 3 aromatic rings. The number of nitrogens with one attached hydrogen (secondary N) is 2. The zero-order valence-corrected chi connectivity index (χ0v) is 19.4. The number of ether oxygens (including phenoxy) is 1. The van der Waals surface area contributed by atoms with E-state index in [1.807, 2.05) is 47.8 Å². The summed E-state index contributed by atoms with van der Waals surface area (Å²) < 4.78 is 6.18. The predicted molar refractivity (Wildman–Crippen MR) is 131 cm³/mol. The summed E-state index contributed by atoms with van der Waals surface area (Å²) in [5.74, 6) is 1.71. The zero-order valence-electron chi connectivity index (χ0n) is 17.8. The second-order valence-corrected chi connectivity index (χ2v) is 9.36. The van der Waals surface area contributed by atoms with E-state index in [4.69, 9.17) is 26.3 Å². The molecule has 1 fully saturated rings. The Kier molecular flexibility index (Phi) is 5.99. The molecule has 2 aliphatic heterocycles. The highest BCUT2D eigenvalue weighted by molar-refractivity contribution is 7.14. The standard InChI is InChI=1S/C23H25ClN6OS/c1-23(16-6-8-17(24)9-7-16)15-30(12-13-31-23)20-5-2-4-18(27-20)19-14-32-22(28-19)29-21-25-10-3-11-26-21/h2,4-9,14H,3,10-13,15H2,1H3,(H2,25,26,28,29). The maximum absolute atomic E-state index is 6.18. The van der Waals surface area contributed by atoms with Crippen LogP contribution >= 0.6 is 22.9 Å². The summed E-state index contributed by atoms with van der Waals surface area (Å²) in [7, 11) is 0. The van der Waals surface area contributed by atoms with E-state index in [0.29, 0.717) is 13.2 Å². The normalized spacial score (nSPS) is 21.1. The smallest absolute Gasteiger partial charge is 0.197 e. The van der Waals surface area contributed by atoms with Crippen molar-refractivity contribution in [3.05, 3.63) is 58.4 Å². The van der Waals surface area contributed by atoms with Crippen LogP contribution in [-0.2, 0) is 10.3 Å². The Bertz CT molecular complexity index is 1120. The first-order valence-electron chi connectivity index (χ1n) is 10.7. The molecule has 5 rings (SSSR count). The van der Waals surface area contributed by atoms with Crippen molar-refractivity contribution in [2.45, 2.75) is 18.9 Å². The van der Waals surface area contributed by atoms with Crippen LogP contribution in [0.3, 0.4) is 0 Å². The molecular formula is C23H25ClN6OS. The van der Waals surface area contributed by atoms with E-state index in [1.165, 1.54) is 0 Å². The molecule has 1 atom stereocenters. The Labute approximate surface area is 196 Å². The minimum atomic E-state index is -0.425. The fraction of sp³-hybridized carbons (Fsp3) is 0.348. The average Bonchev–Trinajstić information content (AvgIpc) is 3.29. The van der Waals surface area contributed by atoms with E-state index >= 15 is 0 Å². The van der Waals surface area contributed by atoms with Crippen molar-refractivity contribution >= 4 is 39.8 Å². The van der Waals surface area contributed by atoms with Gasteiger partial charge in [0.05, 0.1) is 18.8 Å². The quantitative estimate of drug-likeness (QED) is 0.592. The topological polar surface area (TPSA) is 74.7 Å². The molecule has 4 heterocycles. The lowest BCUT2D eigenvalue weighted by Gasteiger charge is -2.41. The molecule has 9 heteroatoms. The predicted octanol–water partition coefficient (Wildman–Crippen LogP) is 4.37. The Morgan fingerprint density at radius 3 is 2.84 bits per heavy atom. The Morgan fingerprint density at radius 2 is 2.03 bits per heavy atom. The second-order valence-electron chi connectivity index (χ2n) is 8.06. The van der Waals surface area contributed by atoms with E-state index in [1.54, 1.807) is 11.3 Å². The number of nitrogens with zero attached hydrogens (tertiary/aromatic N) is 4. The number of thiazole rings is 1. The van der Waals surface area contributed by atoms with Crippen LogP contribution in [0, 0.1) is 0 Å². The first kappa shape index (κ1) is 21.2. The summed E-state index contributed by atoms with van der Waals surface area (Å²) in [5, 5.41) is 10.1. The van der Waals surface area contributed by atoms with Gasteiger partial charge in [0.1, 0.15) is 17.1 Å². The van der Waals surface area contributed by atoms with Gasteiger partial charge in [-0.15, -0.1) is 11.3 Å². The van der Waals surface area contributed by atoms with Crippen molar-refractivity contribution in [1.82, 2.24) is 15.3 Å². The number of pyridine rings is 1. The molecule has 7 nitrogen and oxygen atoms in total. The summed E-state index contributed by atoms with van der Waals surface area (Å²) in [6.07, 6.45) is 1.06. The first-order valence-corrected chi connectivity index (χ1v) is 12.0. The second kappa shape index (κ2) is 9.05. The van der Waals surface area contributed by atoms with Gasteiger partial charge in [-0.1, -0.05) is 29.8 Å². The van der Waals surface area contributed by atoms with Gasteiger partial charge >= 0.3 is 0 Å². The largest absolute Gasteiger partial charge is 0.367 e. The average molecular weight is 469 g/mol. The highest BCUT2D eigenvalue weighted by atomic mass is 35.5. The van der Waals surface area contributed by atoms with Crippen molar-refractivity contribution in [3.63, 3.8) is 0 Å². The van der Waals surface area contributed by atoms with Crippen LogP contribution in [0.25, 0.3) is 11.4 Å². The summed E-state index contributed by atoms with van der Waals surface area (Å²) in [4.78, 5) is 16.4. The third kappa shape index (κ3) is 4.57. The molecule has 1 unspecified atom stereocenters. The number of aliphatic imine (C=N–C) groups is 1. The Morgan fingerprint density at radius 1 is 1.16 bits per heavy atom. The molecule has 166 valence electrons. The monoisotopic (exact) mass is 468 g/mol. The number of guanidine groups is 1. The third-order valence-electron chi connectivity index (χ3n) is 5.68. The summed E-state index contributed by atoms with van der Waals surface area (Å²) in [5.41, 5.74) is 2.39. The van der Waals surface area contributed by atoms with Gasteiger partial charge in [0.25, 0.3) is 0 Å². The summed E-state index contributed by atoms with van der Waals surface area (Å²) in [6.45, 7) is 6.01. The molecule has 0 amide bonds. The minimum Gasteiger partial charge on any atom is -0.367 e. The van der Waals surface area contributed by atoms with Gasteiger partial charge in [0.2, 0.25) is 0 Å². The van der Waals surface area contributed by atoms with Gasteiger partial charge in [0, 0.05) is 30.0 Å². The molecule has 32 heavy (non-hydrogen) atoms. The molecule has 0 spiro atoms. The molecule has 1 aromatic carbocycles. The highest BCUT2D eigenvalue weighted by Crippen LogP contribution is 2.33. The number of halogens is 1. The fourth-order valence-corrected chi connectivity index (χ4v) is 4.78. The minimum absolute atomic E-state index is 0.425. The van der Waals surface area contributed by atoms with E-state index in [9.17, 15) is 0 Å². The third-order valence-corrected chi connectivity index (χ3v) is 6.69. The van der Waals surface area contributed by atoms with Crippen LogP contribution in [0.1, 0.15) is 18.9 Å². The fourth-order valence-electron chi connectivity index (χ4n) is 3.95. The lowest BCUT2D eigenvalue weighted by molar-refractivity contribution is -0.0467. The summed E-state index contributed by atoms with van der Waals surface area (Å²) >= 11 is 7.62. The molecule has 0 saturated carbocycles. The van der Waals surface area contributed by atoms with Gasteiger partial charge in [0.15, 0.2) is 11.1 Å². The van der Waals surface area contributed by atoms with Gasteiger partial charge in [-0.3, -0.25) is 4.99 Å². The van der Waals surface area contributed by atoms with Gasteiger partial charge in [-0.25, -0.2) is 9.97 Å². The summed E-state index contributed by atoms with van der Waals surface area (Å²) in [6, 6.07) is 14.0. The maximum atomic E-state index is 6.18. The zero-order chi connectivity index (χ0) is 22.0. The van der Waals surface area contributed by atoms with Crippen molar-refractivity contribution < 1.29 is 4.74 Å². The van der Waals surface area contributed by atoms with Crippen molar-refractivity contribution in [3.8, 4) is 11.4 Å². The maximum Gasteiger partial charge on any atom is 0.197 e. The van der Waals surface area contributed by atoms with E-state index in [0.717, 1.165) is 64.9 Å². The Balaban J connectivity index is 1.34. The molecule has 1 saturated heterocycles. The lowest BCUT2D eigenvalue weighted by Crippen LogP contribution is -2.48. The Hall–Kier alpha value is -2.68. The molecule has 2 aliphatic rings. The highest BCUT2D eigenvalue weighted by Gasteiger charge is 2.34. The van der Waals surface area contributed by atoms with Crippen LogP contribution in [-0.4, -0.2) is 48.7 Å². The van der Waals surface area contributed by atoms with E-state index < -0.39 is 5.60 Å². The van der Waals surface area contributed by atoms with E-state index in [2.05, 4.69) is 27.4 Å². The SMILES string of the molecule is CC1(c2ccc(Cl)cc2)CN(c2cccc(-c3csc(NC4=NCCCN4)n3)n2)CCO1. The molecule has 0 radical (unpaired) electrons. The number of hydrogen-bond donors (Lipinski definition) is 2. The molecule has 0 aliphatic carbocycles. The first-order chi connectivity index (χ1) is 15.6. The van der Waals surface area contributed by atoms with Crippen LogP contribution < -0.4 is 15.5 Å². The van der Waals surface area contributed by atoms with Crippen LogP contribution in [0.2, 0.25) is 5.02 Å². The number of anilines is 2. The molecular weight excluding hydrogens is 444 g/mol. The van der Waals surface area contributed by atoms with Gasteiger partial charge in [-0.2, -0.15) is 0 Å². The number of aromatic nitrogens is 2. The number of rotatable bonds is 4. The van der Waals surface area contributed by atoms with Crippen molar-refractivity contribution in [1.29, 1.82) is 0 Å². The molecule has 0 bridgehead atoms. The van der Waals surface area contributed by atoms with Crippen LogP contribution in [0.15, 0.2) is 52.8 Å². The van der Waals surface area contributed by atoms with Crippen LogP contribution in [0.5, 0.6) is 0 Å². The van der Waals surface area contributed by atoms with Crippen molar-refractivity contribution in [2.75, 3.05) is 43.0 Å². The molecule has 2 aromatic heterocycles. The number of morpholine rings is 1. The molecule has 2 N–H and O–H groups in total.